The minimum atomic E-state index is -0.375. The van der Waals surface area contributed by atoms with E-state index in [4.69, 9.17) is 5.73 Å². The average molecular weight is 404 g/mol. The molecular weight excluding hydrogens is 384 g/mol. The molecule has 3 aromatic carbocycles. The summed E-state index contributed by atoms with van der Waals surface area (Å²) in [6, 6.07) is 22.1. The van der Waals surface area contributed by atoms with Gasteiger partial charge in [0.05, 0.1) is 18.0 Å². The van der Waals surface area contributed by atoms with Gasteiger partial charge in [-0.15, -0.1) is 11.8 Å². The summed E-state index contributed by atoms with van der Waals surface area (Å²) >= 11 is 1.51. The van der Waals surface area contributed by atoms with E-state index in [1.54, 1.807) is 29.2 Å². The van der Waals surface area contributed by atoms with Gasteiger partial charge in [0.1, 0.15) is 0 Å². The number of fused-ring (bicyclic) bond motifs is 1. The summed E-state index contributed by atoms with van der Waals surface area (Å²) in [5.74, 6) is 0.454. The molecule has 1 aliphatic heterocycles. The lowest BCUT2D eigenvalue weighted by molar-refractivity contribution is -0.116. The number of nitrogens with two attached hydrogens (primary N) is 1. The first-order valence-corrected chi connectivity index (χ1v) is 10.1. The predicted molar refractivity (Wildman–Crippen MR) is 118 cm³/mol. The maximum Gasteiger partial charge on any atom is 0.323 e. The number of urea groups is 1. The van der Waals surface area contributed by atoms with E-state index in [0.29, 0.717) is 29.4 Å². The highest BCUT2D eigenvalue weighted by atomic mass is 32.2. The summed E-state index contributed by atoms with van der Waals surface area (Å²) in [5, 5.41) is 5.58. The highest BCUT2D eigenvalue weighted by molar-refractivity contribution is 8.00. The van der Waals surface area contributed by atoms with Crippen molar-refractivity contribution in [3.63, 3.8) is 0 Å². The number of hydrogen-bond acceptors (Lipinski definition) is 4. The lowest BCUT2D eigenvalue weighted by atomic mass is 10.2. The second-order valence-electron chi connectivity index (χ2n) is 6.64. The molecule has 3 amide bonds. The van der Waals surface area contributed by atoms with Crippen LogP contribution < -0.4 is 21.3 Å². The number of carbonyl (C=O) groups is 2. The monoisotopic (exact) mass is 404 g/mol. The van der Waals surface area contributed by atoms with Crippen LogP contribution in [0.15, 0.2) is 77.7 Å². The summed E-state index contributed by atoms with van der Waals surface area (Å²) in [6.45, 7) is 0.492. The van der Waals surface area contributed by atoms with Gasteiger partial charge in [-0.25, -0.2) is 4.79 Å². The van der Waals surface area contributed by atoms with Gasteiger partial charge in [0, 0.05) is 22.0 Å². The van der Waals surface area contributed by atoms with E-state index in [-0.39, 0.29) is 11.9 Å². The summed E-state index contributed by atoms with van der Waals surface area (Å²) in [5.41, 5.74) is 9.39. The van der Waals surface area contributed by atoms with E-state index in [9.17, 15) is 9.59 Å². The Morgan fingerprint density at radius 3 is 2.48 bits per heavy atom. The molecule has 4 N–H and O–H groups in total. The van der Waals surface area contributed by atoms with Gasteiger partial charge >= 0.3 is 6.03 Å². The topological polar surface area (TPSA) is 87.5 Å². The van der Waals surface area contributed by atoms with Crippen molar-refractivity contribution >= 4 is 46.4 Å². The van der Waals surface area contributed by atoms with Crippen LogP contribution in [0, 0.1) is 0 Å². The van der Waals surface area contributed by atoms with Crippen molar-refractivity contribution in [3.8, 4) is 0 Å². The SMILES string of the molecule is Nc1cccc(NC(=O)Nc2ccc3c(c2)N(Cc2ccccc2)C(=O)CS3)c1. The Bertz CT molecular complexity index is 1060. The van der Waals surface area contributed by atoms with E-state index in [1.165, 1.54) is 11.8 Å². The largest absolute Gasteiger partial charge is 0.399 e. The van der Waals surface area contributed by atoms with Crippen LogP contribution in [0.25, 0.3) is 0 Å². The standard InChI is InChI=1S/C22H20N4O2S/c23-16-7-4-8-17(11-16)24-22(28)25-18-9-10-20-19(12-18)26(21(27)14-29-20)13-15-5-2-1-3-6-15/h1-12H,13-14,23H2,(H2,24,25,28). The first kappa shape index (κ1) is 18.9. The normalized spacial score (nSPS) is 13.0. The number of nitrogen functional groups attached to an aromatic ring is 1. The smallest absolute Gasteiger partial charge is 0.323 e. The molecular formula is C22H20N4O2S. The molecule has 0 aliphatic carbocycles. The zero-order chi connectivity index (χ0) is 20.2. The Morgan fingerprint density at radius 1 is 0.966 bits per heavy atom. The van der Waals surface area contributed by atoms with E-state index in [1.807, 2.05) is 48.5 Å². The van der Waals surface area contributed by atoms with Crippen molar-refractivity contribution in [1.29, 1.82) is 0 Å². The molecule has 0 bridgehead atoms. The number of hydrogen-bond donors (Lipinski definition) is 3. The number of thioether (sulfide) groups is 1. The van der Waals surface area contributed by atoms with Crippen molar-refractivity contribution in [2.75, 3.05) is 27.0 Å². The Labute approximate surface area is 173 Å². The summed E-state index contributed by atoms with van der Waals surface area (Å²) in [4.78, 5) is 27.7. The van der Waals surface area contributed by atoms with Crippen LogP contribution in [0.5, 0.6) is 0 Å². The molecule has 3 aromatic rings. The van der Waals surface area contributed by atoms with Crippen molar-refractivity contribution in [2.45, 2.75) is 11.4 Å². The predicted octanol–water partition coefficient (Wildman–Crippen LogP) is 4.55. The van der Waals surface area contributed by atoms with E-state index < -0.39 is 0 Å². The van der Waals surface area contributed by atoms with E-state index in [2.05, 4.69) is 10.6 Å². The fourth-order valence-electron chi connectivity index (χ4n) is 3.13. The molecule has 0 saturated carbocycles. The number of carbonyl (C=O) groups excluding carboxylic acids is 2. The van der Waals surface area contributed by atoms with Gasteiger partial charge in [-0.1, -0.05) is 36.4 Å². The van der Waals surface area contributed by atoms with Gasteiger partial charge in [-0.2, -0.15) is 0 Å². The summed E-state index contributed by atoms with van der Waals surface area (Å²) in [6.07, 6.45) is 0. The summed E-state index contributed by atoms with van der Waals surface area (Å²) in [7, 11) is 0. The molecule has 0 spiro atoms. The zero-order valence-electron chi connectivity index (χ0n) is 15.6. The molecule has 146 valence electrons. The molecule has 0 aromatic heterocycles. The second-order valence-corrected chi connectivity index (χ2v) is 7.66. The molecule has 1 heterocycles. The molecule has 0 fully saturated rings. The first-order chi connectivity index (χ1) is 14.1. The van der Waals surface area contributed by atoms with Crippen LogP contribution in [-0.2, 0) is 11.3 Å². The van der Waals surface area contributed by atoms with Gasteiger partial charge in [-0.3, -0.25) is 4.79 Å². The van der Waals surface area contributed by atoms with Crippen LogP contribution in [0.2, 0.25) is 0 Å². The fraction of sp³-hybridized carbons (Fsp3) is 0.0909. The molecule has 7 heteroatoms. The quantitative estimate of drug-likeness (QED) is 0.557. The number of nitrogens with one attached hydrogen (secondary N) is 2. The van der Waals surface area contributed by atoms with E-state index in [0.717, 1.165) is 16.1 Å². The van der Waals surface area contributed by atoms with Crippen LogP contribution in [0.1, 0.15) is 5.56 Å². The Balaban J connectivity index is 1.53. The van der Waals surface area contributed by atoms with Crippen LogP contribution >= 0.6 is 11.8 Å². The third-order valence-corrected chi connectivity index (χ3v) is 5.54. The molecule has 0 radical (unpaired) electrons. The molecule has 1 aliphatic rings. The molecule has 4 rings (SSSR count). The number of amides is 3. The fourth-order valence-corrected chi connectivity index (χ4v) is 4.05. The van der Waals surface area contributed by atoms with Crippen LogP contribution in [-0.4, -0.2) is 17.7 Å². The Hall–Kier alpha value is -3.45. The number of benzene rings is 3. The van der Waals surface area contributed by atoms with Gasteiger partial charge in [0.15, 0.2) is 0 Å². The zero-order valence-corrected chi connectivity index (χ0v) is 16.4. The maximum absolute atomic E-state index is 12.6. The van der Waals surface area contributed by atoms with Crippen molar-refractivity contribution in [2.24, 2.45) is 0 Å². The van der Waals surface area contributed by atoms with Crippen LogP contribution in [0.4, 0.5) is 27.5 Å². The van der Waals surface area contributed by atoms with Crippen molar-refractivity contribution in [3.05, 3.63) is 78.4 Å². The Kier molecular flexibility index (Phi) is 5.39. The van der Waals surface area contributed by atoms with Crippen molar-refractivity contribution in [1.82, 2.24) is 0 Å². The molecule has 0 atom stereocenters. The van der Waals surface area contributed by atoms with Crippen molar-refractivity contribution < 1.29 is 9.59 Å². The van der Waals surface area contributed by atoms with Crippen LogP contribution in [0.3, 0.4) is 0 Å². The number of anilines is 4. The first-order valence-electron chi connectivity index (χ1n) is 9.13. The minimum absolute atomic E-state index is 0.0488. The average Bonchev–Trinajstić information content (AvgIpc) is 2.71. The van der Waals surface area contributed by atoms with Gasteiger partial charge in [0.2, 0.25) is 5.91 Å². The number of nitrogens with zero attached hydrogens (tertiary/aromatic N) is 1. The van der Waals surface area contributed by atoms with Gasteiger partial charge < -0.3 is 21.3 Å². The van der Waals surface area contributed by atoms with Gasteiger partial charge in [0.25, 0.3) is 0 Å². The highest BCUT2D eigenvalue weighted by Crippen LogP contribution is 2.38. The minimum Gasteiger partial charge on any atom is -0.399 e. The molecule has 29 heavy (non-hydrogen) atoms. The maximum atomic E-state index is 12.6. The Morgan fingerprint density at radius 2 is 1.72 bits per heavy atom. The third kappa shape index (κ3) is 4.52. The van der Waals surface area contributed by atoms with E-state index >= 15 is 0 Å². The number of rotatable bonds is 4. The third-order valence-electron chi connectivity index (χ3n) is 4.49. The molecule has 0 saturated heterocycles. The second kappa shape index (κ2) is 8.28. The molecule has 0 unspecified atom stereocenters. The molecule has 6 nitrogen and oxygen atoms in total. The van der Waals surface area contributed by atoms with Gasteiger partial charge in [-0.05, 0) is 42.0 Å². The summed E-state index contributed by atoms with van der Waals surface area (Å²) < 4.78 is 0. The lowest BCUT2D eigenvalue weighted by Crippen LogP contribution is -2.34. The highest BCUT2D eigenvalue weighted by Gasteiger charge is 2.25. The lowest BCUT2D eigenvalue weighted by Gasteiger charge is -2.29.